The van der Waals surface area contributed by atoms with Gasteiger partial charge in [0.25, 0.3) is 0 Å². The summed E-state index contributed by atoms with van der Waals surface area (Å²) < 4.78 is 0. The largest absolute Gasteiger partial charge is 0.488 e. The number of benzene rings is 1. The minimum absolute atomic E-state index is 0.170. The van der Waals surface area contributed by atoms with Crippen LogP contribution in [-0.4, -0.2) is 17.2 Å². The molecule has 0 aromatic heterocycles. The Morgan fingerprint density at radius 2 is 1.87 bits per heavy atom. The molecule has 0 bridgehead atoms. The van der Waals surface area contributed by atoms with Crippen LogP contribution in [-0.2, 0) is 6.42 Å². The van der Waals surface area contributed by atoms with E-state index >= 15 is 0 Å². The van der Waals surface area contributed by atoms with E-state index in [0.29, 0.717) is 10.5 Å². The fourth-order valence-electron chi connectivity index (χ4n) is 1.44. The Labute approximate surface area is 96.0 Å². The van der Waals surface area contributed by atoms with E-state index in [1.807, 2.05) is 6.07 Å². The van der Waals surface area contributed by atoms with Gasteiger partial charge in [0, 0.05) is 5.02 Å². The molecule has 0 atom stereocenters. The van der Waals surface area contributed by atoms with Crippen LogP contribution in [0.1, 0.15) is 26.3 Å². The molecule has 1 aromatic carbocycles. The molecule has 0 radical (unpaired) electrons. The molecular weight excluding hydrogens is 210 g/mol. The molecule has 0 aliphatic heterocycles. The normalized spacial score (nSPS) is 11.6. The Balaban J connectivity index is 2.94. The molecule has 15 heavy (non-hydrogen) atoms. The van der Waals surface area contributed by atoms with Crippen LogP contribution in [0.25, 0.3) is 0 Å². The maximum absolute atomic E-state index is 8.97. The maximum atomic E-state index is 8.97. The molecule has 0 saturated heterocycles. The first-order valence-electron chi connectivity index (χ1n) is 4.94. The highest BCUT2D eigenvalue weighted by Gasteiger charge is 2.16. The van der Waals surface area contributed by atoms with E-state index in [9.17, 15) is 0 Å². The van der Waals surface area contributed by atoms with Crippen LogP contribution >= 0.6 is 11.6 Å². The third-order valence-electron chi connectivity index (χ3n) is 2.10. The fraction of sp³-hybridized carbons (Fsp3) is 0.455. The van der Waals surface area contributed by atoms with Crippen molar-refractivity contribution in [2.75, 3.05) is 0 Å². The van der Waals surface area contributed by atoms with E-state index in [1.165, 1.54) is 0 Å². The van der Waals surface area contributed by atoms with Gasteiger partial charge in [0.15, 0.2) is 0 Å². The Morgan fingerprint density at radius 1 is 1.27 bits per heavy atom. The van der Waals surface area contributed by atoms with Crippen molar-refractivity contribution in [2.24, 2.45) is 5.41 Å². The van der Waals surface area contributed by atoms with Crippen LogP contribution in [0.2, 0.25) is 5.02 Å². The van der Waals surface area contributed by atoms with Crippen LogP contribution in [0.3, 0.4) is 0 Å². The molecule has 0 heterocycles. The lowest BCUT2D eigenvalue weighted by atomic mass is 9.79. The molecular formula is C11H16BClO2. The number of rotatable bonds is 2. The molecule has 2 nitrogen and oxygen atoms in total. The van der Waals surface area contributed by atoms with E-state index in [4.69, 9.17) is 21.6 Å². The first kappa shape index (κ1) is 12.6. The van der Waals surface area contributed by atoms with Crippen LogP contribution < -0.4 is 5.46 Å². The summed E-state index contributed by atoms with van der Waals surface area (Å²) in [4.78, 5) is 0. The molecule has 1 rings (SSSR count). The molecule has 0 aliphatic rings. The maximum Gasteiger partial charge on any atom is 0.488 e. The Morgan fingerprint density at radius 3 is 2.27 bits per heavy atom. The fourth-order valence-corrected chi connectivity index (χ4v) is 1.69. The molecule has 0 amide bonds. The molecule has 4 heteroatoms. The smallest absolute Gasteiger partial charge is 0.423 e. The van der Waals surface area contributed by atoms with Gasteiger partial charge in [-0.05, 0) is 28.9 Å². The predicted octanol–water partition coefficient (Wildman–Crippen LogP) is 1.61. The summed E-state index contributed by atoms with van der Waals surface area (Å²) in [6.07, 6.45) is 0.869. The monoisotopic (exact) mass is 226 g/mol. The molecule has 0 unspecified atom stereocenters. The van der Waals surface area contributed by atoms with Gasteiger partial charge < -0.3 is 10.0 Å². The van der Waals surface area contributed by atoms with Gasteiger partial charge in [0.2, 0.25) is 0 Å². The third kappa shape index (κ3) is 3.86. The van der Waals surface area contributed by atoms with Gasteiger partial charge in [-0.25, -0.2) is 0 Å². The van der Waals surface area contributed by atoms with Crippen molar-refractivity contribution in [2.45, 2.75) is 27.2 Å². The molecule has 82 valence electrons. The lowest BCUT2D eigenvalue weighted by molar-refractivity contribution is 0.411. The lowest BCUT2D eigenvalue weighted by Crippen LogP contribution is -2.29. The van der Waals surface area contributed by atoms with Gasteiger partial charge in [-0.1, -0.05) is 44.5 Å². The van der Waals surface area contributed by atoms with Crippen LogP contribution in [0.5, 0.6) is 0 Å². The topological polar surface area (TPSA) is 40.5 Å². The van der Waals surface area contributed by atoms with Crippen LogP contribution in [0.15, 0.2) is 18.2 Å². The minimum atomic E-state index is -1.45. The quantitative estimate of drug-likeness (QED) is 0.752. The van der Waals surface area contributed by atoms with Gasteiger partial charge in [-0.15, -0.1) is 0 Å². The van der Waals surface area contributed by atoms with Gasteiger partial charge in [-0.3, -0.25) is 0 Å². The van der Waals surface area contributed by atoms with E-state index < -0.39 is 7.12 Å². The minimum Gasteiger partial charge on any atom is -0.423 e. The molecule has 1 aromatic rings. The average molecular weight is 227 g/mol. The zero-order valence-electron chi connectivity index (χ0n) is 9.29. The predicted molar refractivity (Wildman–Crippen MR) is 64.4 cm³/mol. The second-order valence-electron chi connectivity index (χ2n) is 4.96. The van der Waals surface area contributed by atoms with Crippen molar-refractivity contribution in [1.82, 2.24) is 0 Å². The zero-order chi connectivity index (χ0) is 11.6. The van der Waals surface area contributed by atoms with Crippen molar-refractivity contribution in [3.63, 3.8) is 0 Å². The highest BCUT2D eigenvalue weighted by Crippen LogP contribution is 2.24. The standard InChI is InChI=1S/C11H16BClO2/c1-11(2,3)7-8-4-5-9(12(14)15)6-10(8)13/h4-6,14-15H,7H2,1-3H3. The van der Waals surface area contributed by atoms with Crippen LogP contribution in [0, 0.1) is 5.41 Å². The van der Waals surface area contributed by atoms with Gasteiger partial charge in [0.1, 0.15) is 0 Å². The third-order valence-corrected chi connectivity index (χ3v) is 2.45. The zero-order valence-corrected chi connectivity index (χ0v) is 10.0. The second kappa shape index (κ2) is 4.56. The molecule has 0 saturated carbocycles. The second-order valence-corrected chi connectivity index (χ2v) is 5.37. The first-order chi connectivity index (χ1) is 6.79. The van der Waals surface area contributed by atoms with E-state index in [0.717, 1.165) is 12.0 Å². The van der Waals surface area contributed by atoms with E-state index in [-0.39, 0.29) is 5.41 Å². The number of hydrogen-bond acceptors (Lipinski definition) is 2. The van der Waals surface area contributed by atoms with Gasteiger partial charge in [0.05, 0.1) is 0 Å². The summed E-state index contributed by atoms with van der Waals surface area (Å²) in [6.45, 7) is 6.41. The summed E-state index contributed by atoms with van der Waals surface area (Å²) in [5.74, 6) is 0. The van der Waals surface area contributed by atoms with E-state index in [2.05, 4.69) is 20.8 Å². The SMILES string of the molecule is CC(C)(C)Cc1ccc(B(O)O)cc1Cl. The summed E-state index contributed by atoms with van der Waals surface area (Å²) in [5, 5.41) is 18.5. The summed E-state index contributed by atoms with van der Waals surface area (Å²) >= 11 is 6.06. The van der Waals surface area contributed by atoms with Gasteiger partial charge in [-0.2, -0.15) is 0 Å². The Hall–Kier alpha value is -0.505. The van der Waals surface area contributed by atoms with Crippen molar-refractivity contribution < 1.29 is 10.0 Å². The Kier molecular flexibility index (Phi) is 3.82. The molecule has 2 N–H and O–H groups in total. The number of hydrogen-bond donors (Lipinski definition) is 2. The summed E-state index contributed by atoms with van der Waals surface area (Å²) in [5.41, 5.74) is 1.63. The number of halogens is 1. The average Bonchev–Trinajstić information content (AvgIpc) is 2.05. The first-order valence-corrected chi connectivity index (χ1v) is 5.32. The van der Waals surface area contributed by atoms with Crippen molar-refractivity contribution in [3.8, 4) is 0 Å². The molecule has 0 fully saturated rings. The van der Waals surface area contributed by atoms with Crippen molar-refractivity contribution in [1.29, 1.82) is 0 Å². The van der Waals surface area contributed by atoms with E-state index in [1.54, 1.807) is 12.1 Å². The lowest BCUT2D eigenvalue weighted by Gasteiger charge is -2.19. The van der Waals surface area contributed by atoms with Crippen molar-refractivity contribution in [3.05, 3.63) is 28.8 Å². The highest BCUT2D eigenvalue weighted by atomic mass is 35.5. The summed E-state index contributed by atoms with van der Waals surface area (Å²) in [7, 11) is -1.45. The molecule has 0 aliphatic carbocycles. The summed E-state index contributed by atoms with van der Waals surface area (Å²) in [6, 6.07) is 5.15. The van der Waals surface area contributed by atoms with Crippen molar-refractivity contribution >= 4 is 24.2 Å². The van der Waals surface area contributed by atoms with Gasteiger partial charge >= 0.3 is 7.12 Å². The van der Waals surface area contributed by atoms with Crippen LogP contribution in [0.4, 0.5) is 0 Å². The Bertz CT molecular complexity index is 345. The highest BCUT2D eigenvalue weighted by molar-refractivity contribution is 6.59. The molecule has 0 spiro atoms.